The molecule has 0 bridgehead atoms. The molecule has 0 saturated heterocycles. The number of nitrogens with one attached hydrogen (secondary N) is 1. The molecule has 0 aliphatic heterocycles. The van der Waals surface area contributed by atoms with Crippen molar-refractivity contribution in [2.75, 3.05) is 5.32 Å². The zero-order valence-corrected chi connectivity index (χ0v) is 14.1. The van der Waals surface area contributed by atoms with Crippen molar-refractivity contribution in [3.63, 3.8) is 0 Å². The molecule has 2 rings (SSSR count). The topological polar surface area (TPSA) is 56.0 Å². The largest absolute Gasteiger partial charge is 0.379 e. The van der Waals surface area contributed by atoms with Crippen molar-refractivity contribution in [2.45, 2.75) is 20.4 Å². The molecule has 6 heteroatoms. The second-order valence-electron chi connectivity index (χ2n) is 5.15. The lowest BCUT2D eigenvalue weighted by molar-refractivity contribution is 0.655. The monoisotopic (exact) mass is 351 g/mol. The Kier molecular flexibility index (Phi) is 4.37. The van der Waals surface area contributed by atoms with Gasteiger partial charge in [0, 0.05) is 36.0 Å². The smallest absolute Gasteiger partial charge is 0.330 e. The van der Waals surface area contributed by atoms with Crippen LogP contribution in [0.2, 0.25) is 0 Å². The molecule has 0 aliphatic rings. The summed E-state index contributed by atoms with van der Waals surface area (Å²) < 4.78 is 3.67. The van der Waals surface area contributed by atoms with Crippen LogP contribution in [-0.2, 0) is 20.6 Å². The SMILES string of the molecule is Cc1cc(NCc2cc(=O)n(C)c(=O)n2C)cc(C)c1Br. The second kappa shape index (κ2) is 5.89. The molecule has 1 aromatic heterocycles. The lowest BCUT2D eigenvalue weighted by atomic mass is 10.1. The number of hydrogen-bond donors (Lipinski definition) is 1. The zero-order chi connectivity index (χ0) is 15.7. The highest BCUT2D eigenvalue weighted by atomic mass is 79.9. The summed E-state index contributed by atoms with van der Waals surface area (Å²) in [5.41, 5.74) is 3.27. The average molecular weight is 352 g/mol. The summed E-state index contributed by atoms with van der Waals surface area (Å²) in [4.78, 5) is 23.6. The van der Waals surface area contributed by atoms with Crippen LogP contribution in [0.4, 0.5) is 5.69 Å². The zero-order valence-electron chi connectivity index (χ0n) is 12.5. The van der Waals surface area contributed by atoms with E-state index in [2.05, 4.69) is 21.2 Å². The maximum atomic E-state index is 11.9. The Hall–Kier alpha value is -1.82. The predicted octanol–water partition coefficient (Wildman–Crippen LogP) is 2.08. The number of aromatic nitrogens is 2. The quantitative estimate of drug-likeness (QED) is 0.920. The summed E-state index contributed by atoms with van der Waals surface area (Å²) >= 11 is 3.53. The molecule has 0 radical (unpaired) electrons. The predicted molar refractivity (Wildman–Crippen MR) is 87.9 cm³/mol. The Morgan fingerprint density at radius 1 is 1.05 bits per heavy atom. The number of nitrogens with zero attached hydrogens (tertiary/aromatic N) is 2. The van der Waals surface area contributed by atoms with Gasteiger partial charge in [0.25, 0.3) is 5.56 Å². The second-order valence-corrected chi connectivity index (χ2v) is 5.95. The Morgan fingerprint density at radius 3 is 2.19 bits per heavy atom. The van der Waals surface area contributed by atoms with E-state index >= 15 is 0 Å². The summed E-state index contributed by atoms with van der Waals surface area (Å²) in [6, 6.07) is 5.53. The summed E-state index contributed by atoms with van der Waals surface area (Å²) in [7, 11) is 3.14. The molecule has 5 nitrogen and oxygen atoms in total. The number of anilines is 1. The van der Waals surface area contributed by atoms with Crippen molar-refractivity contribution in [2.24, 2.45) is 14.1 Å². The van der Waals surface area contributed by atoms with Crippen LogP contribution >= 0.6 is 15.9 Å². The van der Waals surface area contributed by atoms with E-state index in [-0.39, 0.29) is 11.2 Å². The van der Waals surface area contributed by atoms with E-state index in [1.165, 1.54) is 17.7 Å². The molecular weight excluding hydrogens is 334 g/mol. The molecule has 0 spiro atoms. The van der Waals surface area contributed by atoms with E-state index in [0.717, 1.165) is 25.9 Å². The van der Waals surface area contributed by atoms with Gasteiger partial charge >= 0.3 is 5.69 Å². The van der Waals surface area contributed by atoms with Crippen molar-refractivity contribution in [3.8, 4) is 0 Å². The minimum absolute atomic E-state index is 0.293. The van der Waals surface area contributed by atoms with E-state index in [1.54, 1.807) is 7.05 Å². The first-order valence-electron chi connectivity index (χ1n) is 6.58. The molecule has 21 heavy (non-hydrogen) atoms. The third-order valence-electron chi connectivity index (χ3n) is 3.54. The molecule has 0 fully saturated rings. The van der Waals surface area contributed by atoms with Gasteiger partial charge in [0.2, 0.25) is 0 Å². The maximum absolute atomic E-state index is 11.9. The molecule has 1 aromatic carbocycles. The number of halogens is 1. The molecule has 1 N–H and O–H groups in total. The third kappa shape index (κ3) is 3.10. The van der Waals surface area contributed by atoms with Gasteiger partial charge in [-0.15, -0.1) is 0 Å². The van der Waals surface area contributed by atoms with Gasteiger partial charge in [0.05, 0.1) is 6.54 Å². The molecule has 2 aromatic rings. The van der Waals surface area contributed by atoms with Crippen LogP contribution in [0.15, 0.2) is 32.3 Å². The summed E-state index contributed by atoms with van der Waals surface area (Å²) in [6.45, 7) is 4.47. The van der Waals surface area contributed by atoms with E-state index in [9.17, 15) is 9.59 Å². The highest BCUT2D eigenvalue weighted by Crippen LogP contribution is 2.25. The van der Waals surface area contributed by atoms with E-state index in [1.807, 2.05) is 26.0 Å². The highest BCUT2D eigenvalue weighted by Gasteiger charge is 2.07. The first-order chi connectivity index (χ1) is 9.81. The van der Waals surface area contributed by atoms with Crippen molar-refractivity contribution in [1.82, 2.24) is 9.13 Å². The van der Waals surface area contributed by atoms with Gasteiger partial charge in [-0.1, -0.05) is 15.9 Å². The van der Waals surface area contributed by atoms with E-state index in [0.29, 0.717) is 12.2 Å². The number of rotatable bonds is 3. The van der Waals surface area contributed by atoms with Gasteiger partial charge < -0.3 is 5.32 Å². The van der Waals surface area contributed by atoms with Gasteiger partial charge in [-0.2, -0.15) is 0 Å². The lowest BCUT2D eigenvalue weighted by Crippen LogP contribution is -2.38. The Bertz CT molecular complexity index is 783. The summed E-state index contributed by atoms with van der Waals surface area (Å²) in [6.07, 6.45) is 0. The first-order valence-corrected chi connectivity index (χ1v) is 7.37. The van der Waals surface area contributed by atoms with Crippen molar-refractivity contribution >= 4 is 21.6 Å². The minimum Gasteiger partial charge on any atom is -0.379 e. The van der Waals surface area contributed by atoms with Crippen LogP contribution in [0.5, 0.6) is 0 Å². The molecule has 112 valence electrons. The van der Waals surface area contributed by atoms with Gasteiger partial charge in [-0.25, -0.2) is 4.79 Å². The maximum Gasteiger partial charge on any atom is 0.330 e. The number of hydrogen-bond acceptors (Lipinski definition) is 3. The lowest BCUT2D eigenvalue weighted by Gasteiger charge is -2.13. The van der Waals surface area contributed by atoms with Crippen molar-refractivity contribution < 1.29 is 0 Å². The Labute approximate surface area is 131 Å². The molecule has 0 amide bonds. The molecular formula is C15H18BrN3O2. The highest BCUT2D eigenvalue weighted by molar-refractivity contribution is 9.10. The van der Waals surface area contributed by atoms with Crippen LogP contribution in [0.3, 0.4) is 0 Å². The van der Waals surface area contributed by atoms with Crippen molar-refractivity contribution in [3.05, 3.63) is 60.3 Å². The summed E-state index contributed by atoms with van der Waals surface area (Å²) in [5.74, 6) is 0. The molecule has 1 heterocycles. The van der Waals surface area contributed by atoms with Crippen molar-refractivity contribution in [1.29, 1.82) is 0 Å². The van der Waals surface area contributed by atoms with Crippen LogP contribution in [0.25, 0.3) is 0 Å². The van der Waals surface area contributed by atoms with Gasteiger partial charge in [-0.05, 0) is 37.1 Å². The third-order valence-corrected chi connectivity index (χ3v) is 4.79. The fourth-order valence-corrected chi connectivity index (χ4v) is 2.42. The average Bonchev–Trinajstić information content (AvgIpc) is 2.44. The molecule has 0 atom stereocenters. The number of aryl methyl sites for hydroxylation is 2. The van der Waals surface area contributed by atoms with Crippen LogP contribution < -0.4 is 16.6 Å². The Balaban J connectivity index is 2.29. The standard InChI is InChI=1S/C15H18BrN3O2/c1-9-5-11(6-10(2)14(9)16)17-8-12-7-13(20)19(4)15(21)18(12)3/h5-7,17H,8H2,1-4H3. The molecule has 0 aliphatic carbocycles. The van der Waals surface area contributed by atoms with Crippen LogP contribution in [-0.4, -0.2) is 9.13 Å². The van der Waals surface area contributed by atoms with Crippen LogP contribution in [0, 0.1) is 13.8 Å². The molecule has 0 unspecified atom stereocenters. The van der Waals surface area contributed by atoms with Gasteiger partial charge in [0.1, 0.15) is 0 Å². The molecule has 0 saturated carbocycles. The summed E-state index contributed by atoms with van der Waals surface area (Å²) in [5, 5.41) is 3.26. The van der Waals surface area contributed by atoms with Gasteiger partial charge in [0.15, 0.2) is 0 Å². The van der Waals surface area contributed by atoms with E-state index < -0.39 is 0 Å². The normalized spacial score (nSPS) is 10.7. The fraction of sp³-hybridized carbons (Fsp3) is 0.333. The fourth-order valence-electron chi connectivity index (χ4n) is 2.19. The Morgan fingerprint density at radius 2 is 1.62 bits per heavy atom. The van der Waals surface area contributed by atoms with Crippen LogP contribution in [0.1, 0.15) is 16.8 Å². The number of benzene rings is 1. The van der Waals surface area contributed by atoms with Gasteiger partial charge in [-0.3, -0.25) is 13.9 Å². The van der Waals surface area contributed by atoms with E-state index in [4.69, 9.17) is 0 Å². The first kappa shape index (κ1) is 15.6. The minimum atomic E-state index is -0.317.